The summed E-state index contributed by atoms with van der Waals surface area (Å²) in [4.78, 5) is 19.5. The van der Waals surface area contributed by atoms with Crippen molar-refractivity contribution in [3.63, 3.8) is 0 Å². The maximum atomic E-state index is 13.1. The molecule has 27 heavy (non-hydrogen) atoms. The van der Waals surface area contributed by atoms with Crippen molar-refractivity contribution in [1.29, 1.82) is 0 Å². The monoisotopic (exact) mass is 384 g/mol. The van der Waals surface area contributed by atoms with Crippen LogP contribution in [-0.4, -0.2) is 32.5 Å². The Labute approximate surface area is 161 Å². The van der Waals surface area contributed by atoms with Gasteiger partial charge in [-0.05, 0) is 51.0 Å². The molecule has 5 nitrogen and oxygen atoms in total. The van der Waals surface area contributed by atoms with Crippen molar-refractivity contribution in [2.24, 2.45) is 0 Å². The van der Waals surface area contributed by atoms with Crippen LogP contribution in [0.5, 0.6) is 0 Å². The first-order valence-corrected chi connectivity index (χ1v) is 9.92. The van der Waals surface area contributed by atoms with Gasteiger partial charge in [-0.3, -0.25) is 9.89 Å². The van der Waals surface area contributed by atoms with Crippen molar-refractivity contribution in [2.75, 3.05) is 6.54 Å². The predicted molar refractivity (Wildman–Crippen MR) is 103 cm³/mol. The maximum Gasteiger partial charge on any atom is 0.229 e. The number of benzene rings is 1. The molecule has 1 atom stereocenters. The summed E-state index contributed by atoms with van der Waals surface area (Å²) in [6.07, 6.45) is 2.25. The molecule has 1 unspecified atom stereocenters. The van der Waals surface area contributed by atoms with Gasteiger partial charge in [-0.25, -0.2) is 9.37 Å². The Morgan fingerprint density at radius 1 is 1.33 bits per heavy atom. The van der Waals surface area contributed by atoms with Gasteiger partial charge in [0.1, 0.15) is 10.8 Å². The summed E-state index contributed by atoms with van der Waals surface area (Å²) in [6, 6.07) is 6.34. The summed E-state index contributed by atoms with van der Waals surface area (Å²) >= 11 is 1.47. The summed E-state index contributed by atoms with van der Waals surface area (Å²) in [5, 5.41) is 10.0. The molecule has 140 valence electrons. The fourth-order valence-corrected chi connectivity index (χ4v) is 4.59. The number of halogens is 1. The standard InChI is InChI=1S/C20H21FN4OS/c1-12-20(13(2)24-23-12)17-4-3-9-25(17)19(26)10-18-22-16(11-27-18)14-5-7-15(21)8-6-14/h5-8,11,17H,3-4,9-10H2,1-2H3,(H,23,24). The van der Waals surface area contributed by atoms with Crippen LogP contribution in [0.2, 0.25) is 0 Å². The number of hydrogen-bond donors (Lipinski definition) is 1. The number of hydrogen-bond acceptors (Lipinski definition) is 4. The molecule has 1 saturated heterocycles. The molecular formula is C20H21FN4OS. The van der Waals surface area contributed by atoms with E-state index in [1.54, 1.807) is 12.1 Å². The number of carbonyl (C=O) groups excluding carboxylic acids is 1. The van der Waals surface area contributed by atoms with Crippen LogP contribution >= 0.6 is 11.3 Å². The Bertz CT molecular complexity index is 943. The molecule has 0 saturated carbocycles. The minimum atomic E-state index is -0.269. The van der Waals surface area contributed by atoms with Crippen LogP contribution in [0.3, 0.4) is 0 Å². The van der Waals surface area contributed by atoms with E-state index in [-0.39, 0.29) is 24.2 Å². The summed E-state index contributed by atoms with van der Waals surface area (Å²) in [6.45, 7) is 4.76. The van der Waals surface area contributed by atoms with Gasteiger partial charge in [-0.2, -0.15) is 5.10 Å². The van der Waals surface area contributed by atoms with Crippen LogP contribution < -0.4 is 0 Å². The minimum absolute atomic E-state index is 0.0905. The highest BCUT2D eigenvalue weighted by Gasteiger charge is 2.33. The van der Waals surface area contributed by atoms with Crippen molar-refractivity contribution in [1.82, 2.24) is 20.1 Å². The van der Waals surface area contributed by atoms with Gasteiger partial charge in [0.2, 0.25) is 5.91 Å². The van der Waals surface area contributed by atoms with E-state index in [1.807, 2.05) is 24.1 Å². The second-order valence-electron chi connectivity index (χ2n) is 6.90. The Morgan fingerprint density at radius 2 is 2.11 bits per heavy atom. The minimum Gasteiger partial charge on any atom is -0.335 e. The number of nitrogens with one attached hydrogen (secondary N) is 1. The highest BCUT2D eigenvalue weighted by atomic mass is 32.1. The van der Waals surface area contributed by atoms with Gasteiger partial charge in [0.05, 0.1) is 23.9 Å². The number of carbonyl (C=O) groups is 1. The number of aromatic amines is 1. The van der Waals surface area contributed by atoms with Crippen LogP contribution in [-0.2, 0) is 11.2 Å². The van der Waals surface area contributed by atoms with Crippen molar-refractivity contribution < 1.29 is 9.18 Å². The van der Waals surface area contributed by atoms with Crippen LogP contribution in [0.4, 0.5) is 4.39 Å². The predicted octanol–water partition coefficient (Wildman–Crippen LogP) is 4.20. The number of aryl methyl sites for hydroxylation is 2. The van der Waals surface area contributed by atoms with Crippen LogP contribution in [0.1, 0.15) is 40.8 Å². The second kappa shape index (κ2) is 7.23. The molecule has 0 spiro atoms. The second-order valence-corrected chi connectivity index (χ2v) is 7.85. The summed E-state index contributed by atoms with van der Waals surface area (Å²) in [7, 11) is 0. The molecule has 0 aliphatic carbocycles. The van der Waals surface area contributed by atoms with Crippen LogP contribution in [0.25, 0.3) is 11.3 Å². The third-order valence-electron chi connectivity index (χ3n) is 5.09. The molecule has 3 heterocycles. The zero-order valence-electron chi connectivity index (χ0n) is 15.3. The highest BCUT2D eigenvalue weighted by molar-refractivity contribution is 7.10. The molecule has 2 aromatic heterocycles. The van der Waals surface area contributed by atoms with E-state index in [4.69, 9.17) is 0 Å². The summed E-state index contributed by atoms with van der Waals surface area (Å²) < 4.78 is 13.1. The van der Waals surface area contributed by atoms with Crippen molar-refractivity contribution in [2.45, 2.75) is 39.2 Å². The van der Waals surface area contributed by atoms with Crippen LogP contribution in [0, 0.1) is 19.7 Å². The average Bonchev–Trinajstić information content (AvgIpc) is 3.36. The zero-order chi connectivity index (χ0) is 19.0. The third kappa shape index (κ3) is 3.51. The highest BCUT2D eigenvalue weighted by Crippen LogP contribution is 2.35. The quantitative estimate of drug-likeness (QED) is 0.733. The van der Waals surface area contributed by atoms with Gasteiger partial charge in [0.15, 0.2) is 0 Å². The first-order chi connectivity index (χ1) is 13.0. The van der Waals surface area contributed by atoms with Gasteiger partial charge in [-0.15, -0.1) is 11.3 Å². The topological polar surface area (TPSA) is 61.9 Å². The molecule has 4 rings (SSSR count). The van der Waals surface area contributed by atoms with Gasteiger partial charge in [0, 0.05) is 28.7 Å². The van der Waals surface area contributed by atoms with Crippen molar-refractivity contribution >= 4 is 17.2 Å². The van der Waals surface area contributed by atoms with E-state index in [2.05, 4.69) is 15.2 Å². The molecule has 0 bridgehead atoms. The van der Waals surface area contributed by atoms with E-state index in [0.717, 1.165) is 52.6 Å². The summed E-state index contributed by atoms with van der Waals surface area (Å²) in [5.74, 6) is -0.174. The maximum absolute atomic E-state index is 13.1. The molecule has 1 aromatic carbocycles. The van der Waals surface area contributed by atoms with Gasteiger partial charge in [0.25, 0.3) is 0 Å². The fourth-order valence-electron chi connectivity index (χ4n) is 3.79. The summed E-state index contributed by atoms with van der Waals surface area (Å²) in [5.41, 5.74) is 4.78. The van der Waals surface area contributed by atoms with Gasteiger partial charge < -0.3 is 4.90 Å². The molecule has 0 radical (unpaired) electrons. The number of H-pyrrole nitrogens is 1. The molecule has 1 aliphatic heterocycles. The lowest BCUT2D eigenvalue weighted by molar-refractivity contribution is -0.131. The van der Waals surface area contributed by atoms with E-state index in [9.17, 15) is 9.18 Å². The number of nitrogens with zero attached hydrogens (tertiary/aromatic N) is 3. The number of likely N-dealkylation sites (tertiary alicyclic amines) is 1. The lowest BCUT2D eigenvalue weighted by atomic mass is 10.0. The Morgan fingerprint density at radius 3 is 2.81 bits per heavy atom. The number of rotatable bonds is 4. The average molecular weight is 384 g/mol. The van der Waals surface area contributed by atoms with E-state index in [0.29, 0.717) is 0 Å². The van der Waals surface area contributed by atoms with Crippen LogP contribution in [0.15, 0.2) is 29.6 Å². The Hall–Kier alpha value is -2.54. The fraction of sp³-hybridized carbons (Fsp3) is 0.350. The lowest BCUT2D eigenvalue weighted by Crippen LogP contribution is -2.32. The number of amides is 1. The van der Waals surface area contributed by atoms with Gasteiger partial charge in [-0.1, -0.05) is 0 Å². The Balaban J connectivity index is 1.50. The lowest BCUT2D eigenvalue weighted by Gasteiger charge is -2.25. The van der Waals surface area contributed by atoms with E-state index in [1.165, 1.54) is 23.5 Å². The smallest absolute Gasteiger partial charge is 0.229 e. The molecule has 1 amide bonds. The largest absolute Gasteiger partial charge is 0.335 e. The van der Waals surface area contributed by atoms with E-state index >= 15 is 0 Å². The first kappa shape index (κ1) is 17.9. The molecule has 1 N–H and O–H groups in total. The first-order valence-electron chi connectivity index (χ1n) is 9.04. The molecule has 3 aromatic rings. The molecular weight excluding hydrogens is 363 g/mol. The number of aromatic nitrogens is 3. The van der Waals surface area contributed by atoms with E-state index < -0.39 is 0 Å². The SMILES string of the molecule is Cc1n[nH]c(C)c1C1CCCN1C(=O)Cc1nc(-c2ccc(F)cc2)cs1. The third-order valence-corrected chi connectivity index (χ3v) is 5.93. The molecule has 1 aliphatic rings. The van der Waals surface area contributed by atoms with Crippen molar-refractivity contribution in [3.8, 4) is 11.3 Å². The number of thiazole rings is 1. The van der Waals surface area contributed by atoms with Gasteiger partial charge >= 0.3 is 0 Å². The zero-order valence-corrected chi connectivity index (χ0v) is 16.1. The Kier molecular flexibility index (Phi) is 4.78. The molecule has 7 heteroatoms. The van der Waals surface area contributed by atoms with Crippen molar-refractivity contribution in [3.05, 3.63) is 57.4 Å². The normalized spacial score (nSPS) is 16.9. The molecule has 1 fully saturated rings.